The molecule has 1 aromatic carbocycles. The Labute approximate surface area is 100 Å². The Hall–Kier alpha value is -0.870. The third-order valence-corrected chi connectivity index (χ3v) is 3.04. The van der Waals surface area contributed by atoms with Crippen molar-refractivity contribution < 1.29 is 14.7 Å². The summed E-state index contributed by atoms with van der Waals surface area (Å²) >= 11 is 9.01. The van der Waals surface area contributed by atoms with Gasteiger partial charge in [-0.25, -0.2) is 0 Å². The molecule has 0 saturated heterocycles. The van der Waals surface area contributed by atoms with Gasteiger partial charge in [-0.1, -0.05) is 17.7 Å². The molecule has 0 atom stereocenters. The SMILES string of the molecule is O=C(O)CCC(=O)c1ccc(Br)c(Cl)c1. The van der Waals surface area contributed by atoms with Gasteiger partial charge in [-0.2, -0.15) is 0 Å². The Morgan fingerprint density at radius 2 is 2.00 bits per heavy atom. The van der Waals surface area contributed by atoms with E-state index in [1.54, 1.807) is 12.1 Å². The number of ketones is 1. The van der Waals surface area contributed by atoms with Crippen LogP contribution in [0.5, 0.6) is 0 Å². The van der Waals surface area contributed by atoms with Crippen LogP contribution < -0.4 is 0 Å². The zero-order valence-corrected chi connectivity index (χ0v) is 10.0. The highest BCUT2D eigenvalue weighted by atomic mass is 79.9. The van der Waals surface area contributed by atoms with Crippen molar-refractivity contribution in [2.45, 2.75) is 12.8 Å². The van der Waals surface area contributed by atoms with Gasteiger partial charge < -0.3 is 5.11 Å². The van der Waals surface area contributed by atoms with E-state index < -0.39 is 5.97 Å². The Bertz CT molecular complexity index is 404. The standard InChI is InChI=1S/C10H8BrClO3/c11-7-2-1-6(5-8(7)12)9(13)3-4-10(14)15/h1-2,5H,3-4H2,(H,14,15). The summed E-state index contributed by atoms with van der Waals surface area (Å²) in [6.45, 7) is 0. The lowest BCUT2D eigenvalue weighted by Gasteiger charge is -2.01. The van der Waals surface area contributed by atoms with Gasteiger partial charge in [0.25, 0.3) is 0 Å². The molecule has 0 aliphatic carbocycles. The van der Waals surface area contributed by atoms with E-state index in [0.29, 0.717) is 15.1 Å². The van der Waals surface area contributed by atoms with Crippen molar-refractivity contribution in [2.24, 2.45) is 0 Å². The molecule has 0 spiro atoms. The second kappa shape index (κ2) is 5.28. The average molecular weight is 292 g/mol. The van der Waals surface area contributed by atoms with Crippen LogP contribution in [0.4, 0.5) is 0 Å². The number of halogens is 2. The molecule has 1 aromatic rings. The fourth-order valence-corrected chi connectivity index (χ4v) is 1.46. The topological polar surface area (TPSA) is 54.4 Å². The molecule has 1 rings (SSSR count). The summed E-state index contributed by atoms with van der Waals surface area (Å²) in [5.41, 5.74) is 0.435. The summed E-state index contributed by atoms with van der Waals surface area (Å²) < 4.78 is 0.707. The smallest absolute Gasteiger partial charge is 0.303 e. The molecule has 0 fully saturated rings. The van der Waals surface area contributed by atoms with E-state index in [1.165, 1.54) is 6.07 Å². The zero-order chi connectivity index (χ0) is 11.4. The molecule has 80 valence electrons. The van der Waals surface area contributed by atoms with Crippen LogP contribution in [-0.2, 0) is 4.79 Å². The summed E-state index contributed by atoms with van der Waals surface area (Å²) in [7, 11) is 0. The third-order valence-electron chi connectivity index (χ3n) is 1.81. The normalized spacial score (nSPS) is 10.0. The first-order valence-corrected chi connectivity index (χ1v) is 5.38. The van der Waals surface area contributed by atoms with E-state index in [-0.39, 0.29) is 18.6 Å². The maximum absolute atomic E-state index is 11.5. The number of carbonyl (C=O) groups is 2. The van der Waals surface area contributed by atoms with Crippen molar-refractivity contribution in [1.29, 1.82) is 0 Å². The highest BCUT2D eigenvalue weighted by Crippen LogP contribution is 2.23. The highest BCUT2D eigenvalue weighted by molar-refractivity contribution is 9.10. The van der Waals surface area contributed by atoms with E-state index in [1.807, 2.05) is 0 Å². The summed E-state index contributed by atoms with van der Waals surface area (Å²) in [5.74, 6) is -1.20. The molecule has 0 unspecified atom stereocenters. The van der Waals surface area contributed by atoms with Gasteiger partial charge in [0.2, 0.25) is 0 Å². The summed E-state index contributed by atoms with van der Waals surface area (Å²) in [4.78, 5) is 21.7. The Morgan fingerprint density at radius 3 is 2.53 bits per heavy atom. The fourth-order valence-electron chi connectivity index (χ4n) is 1.03. The molecule has 0 amide bonds. The molecule has 1 N–H and O–H groups in total. The lowest BCUT2D eigenvalue weighted by atomic mass is 10.1. The number of carboxylic acid groups (broad SMARTS) is 1. The van der Waals surface area contributed by atoms with Gasteiger partial charge in [-0.15, -0.1) is 0 Å². The largest absolute Gasteiger partial charge is 0.481 e. The molecule has 5 heteroatoms. The molecule has 0 heterocycles. The van der Waals surface area contributed by atoms with Crippen LogP contribution in [0.1, 0.15) is 23.2 Å². The van der Waals surface area contributed by atoms with E-state index in [2.05, 4.69) is 15.9 Å². The minimum absolute atomic E-state index is 0.00665. The summed E-state index contributed by atoms with van der Waals surface area (Å²) in [6.07, 6.45) is -0.167. The van der Waals surface area contributed by atoms with Crippen LogP contribution in [0.2, 0.25) is 5.02 Å². The second-order valence-corrected chi connectivity index (χ2v) is 4.21. The molecule has 15 heavy (non-hydrogen) atoms. The molecule has 3 nitrogen and oxygen atoms in total. The van der Waals surface area contributed by atoms with Crippen molar-refractivity contribution in [3.05, 3.63) is 33.3 Å². The molecule has 0 saturated carbocycles. The zero-order valence-electron chi connectivity index (χ0n) is 7.67. The molecular formula is C10H8BrClO3. The van der Waals surface area contributed by atoms with Gasteiger partial charge in [0, 0.05) is 16.5 Å². The quantitative estimate of drug-likeness (QED) is 0.867. The number of hydrogen-bond donors (Lipinski definition) is 1. The van der Waals surface area contributed by atoms with Crippen molar-refractivity contribution in [3.63, 3.8) is 0 Å². The molecule has 0 radical (unpaired) electrons. The predicted molar refractivity (Wildman–Crippen MR) is 60.4 cm³/mol. The maximum Gasteiger partial charge on any atom is 0.303 e. The van der Waals surface area contributed by atoms with Crippen molar-refractivity contribution in [1.82, 2.24) is 0 Å². The minimum atomic E-state index is -0.980. The lowest BCUT2D eigenvalue weighted by molar-refractivity contribution is -0.136. The predicted octanol–water partition coefficient (Wildman–Crippen LogP) is 3.15. The number of Topliss-reactive ketones (excluding diaryl/α,β-unsaturated/α-hetero) is 1. The summed E-state index contributed by atoms with van der Waals surface area (Å²) in [5, 5.41) is 8.86. The van der Waals surface area contributed by atoms with Crippen molar-refractivity contribution in [2.75, 3.05) is 0 Å². The van der Waals surface area contributed by atoms with Crippen LogP contribution in [0.15, 0.2) is 22.7 Å². The highest BCUT2D eigenvalue weighted by Gasteiger charge is 2.09. The van der Waals surface area contributed by atoms with Crippen LogP contribution in [-0.4, -0.2) is 16.9 Å². The number of carboxylic acids is 1. The lowest BCUT2D eigenvalue weighted by Crippen LogP contribution is -2.03. The van der Waals surface area contributed by atoms with Gasteiger partial charge in [0.15, 0.2) is 5.78 Å². The second-order valence-electron chi connectivity index (χ2n) is 2.95. The van der Waals surface area contributed by atoms with E-state index in [0.717, 1.165) is 0 Å². The monoisotopic (exact) mass is 290 g/mol. The van der Waals surface area contributed by atoms with Gasteiger partial charge in [-0.05, 0) is 28.1 Å². The first kappa shape index (κ1) is 12.2. The number of aliphatic carboxylic acids is 1. The Kier molecular flexibility index (Phi) is 4.29. The first-order valence-electron chi connectivity index (χ1n) is 4.20. The number of carbonyl (C=O) groups excluding carboxylic acids is 1. The minimum Gasteiger partial charge on any atom is -0.481 e. The van der Waals surface area contributed by atoms with Gasteiger partial charge >= 0.3 is 5.97 Å². The van der Waals surface area contributed by atoms with Crippen LogP contribution in [0.3, 0.4) is 0 Å². The fraction of sp³-hybridized carbons (Fsp3) is 0.200. The average Bonchev–Trinajstić information content (AvgIpc) is 2.18. The molecule has 0 aliphatic heterocycles. The molecule has 0 aliphatic rings. The summed E-state index contributed by atoms with van der Waals surface area (Å²) in [6, 6.07) is 4.80. The molecular weight excluding hydrogens is 283 g/mol. The number of benzene rings is 1. The number of rotatable bonds is 4. The van der Waals surface area contributed by atoms with Gasteiger partial charge in [0.05, 0.1) is 11.4 Å². The number of hydrogen-bond acceptors (Lipinski definition) is 2. The van der Waals surface area contributed by atoms with E-state index in [9.17, 15) is 9.59 Å². The molecule has 0 bridgehead atoms. The molecule has 0 aromatic heterocycles. The van der Waals surface area contributed by atoms with Crippen LogP contribution >= 0.6 is 27.5 Å². The van der Waals surface area contributed by atoms with Gasteiger partial charge in [-0.3, -0.25) is 9.59 Å². The van der Waals surface area contributed by atoms with Crippen LogP contribution in [0, 0.1) is 0 Å². The Morgan fingerprint density at radius 1 is 1.33 bits per heavy atom. The van der Waals surface area contributed by atoms with Crippen LogP contribution in [0.25, 0.3) is 0 Å². The van der Waals surface area contributed by atoms with Crippen molar-refractivity contribution >= 4 is 39.3 Å². The van der Waals surface area contributed by atoms with E-state index in [4.69, 9.17) is 16.7 Å². The van der Waals surface area contributed by atoms with E-state index >= 15 is 0 Å². The maximum atomic E-state index is 11.5. The Balaban J connectivity index is 2.74. The van der Waals surface area contributed by atoms with Gasteiger partial charge in [0.1, 0.15) is 0 Å². The first-order chi connectivity index (χ1) is 7.00. The third kappa shape index (κ3) is 3.64. The van der Waals surface area contributed by atoms with Crippen molar-refractivity contribution in [3.8, 4) is 0 Å².